The van der Waals surface area contributed by atoms with E-state index in [-0.39, 0.29) is 22.3 Å². The van der Waals surface area contributed by atoms with Crippen LogP contribution >= 0.6 is 0 Å². The van der Waals surface area contributed by atoms with Gasteiger partial charge in [0.2, 0.25) is 0 Å². The molecule has 0 saturated heterocycles. The van der Waals surface area contributed by atoms with Gasteiger partial charge in [0.25, 0.3) is 0 Å². The van der Waals surface area contributed by atoms with Crippen LogP contribution in [0.3, 0.4) is 0 Å². The van der Waals surface area contributed by atoms with Gasteiger partial charge in [0.1, 0.15) is 23.5 Å². The molecule has 0 amide bonds. The lowest BCUT2D eigenvalue weighted by atomic mass is 9.91. The van der Waals surface area contributed by atoms with Gasteiger partial charge in [-0.05, 0) is 46.9 Å². The van der Waals surface area contributed by atoms with Crippen molar-refractivity contribution in [3.05, 3.63) is 82.7 Å². The summed E-state index contributed by atoms with van der Waals surface area (Å²) < 4.78 is 43.4. The van der Waals surface area contributed by atoms with Gasteiger partial charge in [0.05, 0.1) is 12.2 Å². The molecule has 0 aliphatic heterocycles. The standard InChI is InChI=1S/C22H16F3NO/c1-2-13-3-5-14(6-4-13)21-17(10-20(24)18(12-27)22(21)25)15-7-8-16(11-26)19(23)9-15/h3-10,27H,2,12H2,1H3. The van der Waals surface area contributed by atoms with Crippen molar-refractivity contribution in [2.45, 2.75) is 20.0 Å². The van der Waals surface area contributed by atoms with Crippen molar-refractivity contribution in [1.29, 1.82) is 5.26 Å². The number of aliphatic hydroxyl groups is 1. The predicted molar refractivity (Wildman–Crippen MR) is 97.2 cm³/mol. The van der Waals surface area contributed by atoms with E-state index >= 15 is 4.39 Å². The van der Waals surface area contributed by atoms with Crippen molar-refractivity contribution < 1.29 is 18.3 Å². The molecule has 0 heterocycles. The van der Waals surface area contributed by atoms with Gasteiger partial charge in [0, 0.05) is 11.1 Å². The second-order valence-electron chi connectivity index (χ2n) is 6.09. The number of halogens is 3. The minimum atomic E-state index is -0.913. The Morgan fingerprint density at radius 1 is 0.926 bits per heavy atom. The highest BCUT2D eigenvalue weighted by molar-refractivity contribution is 5.85. The average Bonchev–Trinajstić information content (AvgIpc) is 2.68. The van der Waals surface area contributed by atoms with Gasteiger partial charge in [-0.3, -0.25) is 0 Å². The van der Waals surface area contributed by atoms with Gasteiger partial charge in [-0.25, -0.2) is 13.2 Å². The maximum absolute atomic E-state index is 15.0. The van der Waals surface area contributed by atoms with Gasteiger partial charge >= 0.3 is 0 Å². The number of nitrogens with zero attached hydrogens (tertiary/aromatic N) is 1. The summed E-state index contributed by atoms with van der Waals surface area (Å²) in [4.78, 5) is 0. The first-order valence-corrected chi connectivity index (χ1v) is 8.41. The Labute approximate surface area is 155 Å². The maximum atomic E-state index is 15.0. The molecule has 1 N–H and O–H groups in total. The van der Waals surface area contributed by atoms with E-state index in [9.17, 15) is 13.9 Å². The zero-order valence-electron chi connectivity index (χ0n) is 14.6. The van der Waals surface area contributed by atoms with Crippen LogP contribution in [-0.4, -0.2) is 5.11 Å². The third-order valence-corrected chi connectivity index (χ3v) is 4.52. The molecule has 27 heavy (non-hydrogen) atoms. The molecule has 2 nitrogen and oxygen atoms in total. The second kappa shape index (κ2) is 7.65. The summed E-state index contributed by atoms with van der Waals surface area (Å²) in [5.41, 5.74) is 1.40. The van der Waals surface area contributed by atoms with Gasteiger partial charge in [-0.2, -0.15) is 5.26 Å². The molecule has 136 valence electrons. The van der Waals surface area contributed by atoms with E-state index in [0.717, 1.165) is 24.1 Å². The molecule has 0 atom stereocenters. The number of rotatable bonds is 4. The smallest absolute Gasteiger partial charge is 0.141 e. The van der Waals surface area contributed by atoms with Crippen molar-refractivity contribution in [3.63, 3.8) is 0 Å². The first-order valence-electron chi connectivity index (χ1n) is 8.41. The molecule has 0 fully saturated rings. The average molecular weight is 367 g/mol. The first kappa shape index (κ1) is 18.7. The molecule has 0 spiro atoms. The normalized spacial score (nSPS) is 10.7. The maximum Gasteiger partial charge on any atom is 0.141 e. The Balaban J connectivity index is 2.29. The van der Waals surface area contributed by atoms with E-state index in [1.807, 2.05) is 19.1 Å². The van der Waals surface area contributed by atoms with Crippen LogP contribution in [0, 0.1) is 28.8 Å². The quantitative estimate of drug-likeness (QED) is 0.674. The number of aryl methyl sites for hydroxylation is 1. The highest BCUT2D eigenvalue weighted by Gasteiger charge is 2.21. The third-order valence-electron chi connectivity index (χ3n) is 4.52. The van der Waals surface area contributed by atoms with Gasteiger partial charge in [-0.15, -0.1) is 0 Å². The van der Waals surface area contributed by atoms with E-state index in [1.54, 1.807) is 18.2 Å². The predicted octanol–water partition coefficient (Wildman–Crippen LogP) is 5.36. The lowest BCUT2D eigenvalue weighted by molar-refractivity contribution is 0.269. The van der Waals surface area contributed by atoms with Gasteiger partial charge in [-0.1, -0.05) is 37.3 Å². The van der Waals surface area contributed by atoms with E-state index in [4.69, 9.17) is 5.26 Å². The molecule has 0 saturated carbocycles. The molecule has 3 aromatic carbocycles. The molecule has 5 heteroatoms. The largest absolute Gasteiger partial charge is 0.391 e. The van der Waals surface area contributed by atoms with Crippen LogP contribution in [0.25, 0.3) is 22.3 Å². The van der Waals surface area contributed by atoms with E-state index in [0.29, 0.717) is 5.56 Å². The molecule has 0 aliphatic rings. The highest BCUT2D eigenvalue weighted by atomic mass is 19.1. The molecule has 3 aromatic rings. The molecule has 0 bridgehead atoms. The Bertz CT molecular complexity index is 1040. The van der Waals surface area contributed by atoms with E-state index in [1.165, 1.54) is 12.1 Å². The summed E-state index contributed by atoms with van der Waals surface area (Å²) >= 11 is 0. The van der Waals surface area contributed by atoms with Crippen molar-refractivity contribution >= 4 is 0 Å². The van der Waals surface area contributed by atoms with Crippen LogP contribution in [0.2, 0.25) is 0 Å². The highest BCUT2D eigenvalue weighted by Crippen LogP contribution is 2.38. The van der Waals surface area contributed by atoms with Crippen LogP contribution < -0.4 is 0 Å². The third kappa shape index (κ3) is 3.44. The Morgan fingerprint density at radius 3 is 2.15 bits per heavy atom. The molecule has 0 aliphatic carbocycles. The minimum absolute atomic E-state index is 0.0761. The summed E-state index contributed by atoms with van der Waals surface area (Å²) in [5, 5.41) is 18.2. The van der Waals surface area contributed by atoms with E-state index in [2.05, 4.69) is 0 Å². The molecular weight excluding hydrogens is 351 g/mol. The molecular formula is C22H16F3NO. The Kier molecular flexibility index (Phi) is 5.29. The molecule has 3 rings (SSSR count). The Hall–Kier alpha value is -3.10. The summed E-state index contributed by atoms with van der Waals surface area (Å²) in [6, 6.07) is 13.7. The van der Waals surface area contributed by atoms with Crippen molar-refractivity contribution in [2.24, 2.45) is 0 Å². The topological polar surface area (TPSA) is 44.0 Å². The Morgan fingerprint density at radius 2 is 1.59 bits per heavy atom. The van der Waals surface area contributed by atoms with Gasteiger partial charge < -0.3 is 5.11 Å². The fourth-order valence-corrected chi connectivity index (χ4v) is 3.00. The van der Waals surface area contributed by atoms with Crippen LogP contribution in [0.5, 0.6) is 0 Å². The molecule has 0 aromatic heterocycles. The lowest BCUT2D eigenvalue weighted by Gasteiger charge is -2.15. The number of nitriles is 1. The lowest BCUT2D eigenvalue weighted by Crippen LogP contribution is -2.01. The fourth-order valence-electron chi connectivity index (χ4n) is 3.00. The summed E-state index contributed by atoms with van der Waals surface area (Å²) in [6.07, 6.45) is 0.807. The SMILES string of the molecule is CCc1ccc(-c2c(-c3ccc(C#N)c(F)c3)cc(F)c(CO)c2F)cc1. The van der Waals surface area contributed by atoms with Gasteiger partial charge in [0.15, 0.2) is 0 Å². The zero-order valence-corrected chi connectivity index (χ0v) is 14.6. The first-order chi connectivity index (χ1) is 13.0. The van der Waals surface area contributed by atoms with Crippen molar-refractivity contribution in [3.8, 4) is 28.3 Å². The summed E-state index contributed by atoms with van der Waals surface area (Å²) in [7, 11) is 0. The monoisotopic (exact) mass is 367 g/mol. The number of aliphatic hydroxyl groups excluding tert-OH is 1. The van der Waals surface area contributed by atoms with Crippen LogP contribution in [0.4, 0.5) is 13.2 Å². The number of hydrogen-bond acceptors (Lipinski definition) is 2. The summed E-state index contributed by atoms with van der Waals surface area (Å²) in [6.45, 7) is 1.20. The second-order valence-corrected chi connectivity index (χ2v) is 6.09. The van der Waals surface area contributed by atoms with Crippen molar-refractivity contribution in [1.82, 2.24) is 0 Å². The number of benzene rings is 3. The van der Waals surface area contributed by atoms with E-state index < -0.39 is 29.6 Å². The van der Waals surface area contributed by atoms with Crippen LogP contribution in [-0.2, 0) is 13.0 Å². The minimum Gasteiger partial charge on any atom is -0.391 e. The number of hydrogen-bond donors (Lipinski definition) is 1. The molecule has 0 unspecified atom stereocenters. The summed E-state index contributed by atoms with van der Waals surface area (Å²) in [5.74, 6) is -2.57. The zero-order chi connectivity index (χ0) is 19.6. The van der Waals surface area contributed by atoms with Crippen LogP contribution in [0.1, 0.15) is 23.6 Å². The van der Waals surface area contributed by atoms with Crippen LogP contribution in [0.15, 0.2) is 48.5 Å². The van der Waals surface area contributed by atoms with Crippen molar-refractivity contribution in [2.75, 3.05) is 0 Å². The fraction of sp³-hybridized carbons (Fsp3) is 0.136. The molecule has 0 radical (unpaired) electrons.